The Morgan fingerprint density at radius 3 is 2.46 bits per heavy atom. The molecule has 0 aliphatic rings. The molecule has 0 saturated carbocycles. The van der Waals surface area contributed by atoms with Gasteiger partial charge in [0.05, 0.1) is 23.0 Å². The topological polar surface area (TPSA) is 71.3 Å². The van der Waals surface area contributed by atoms with Gasteiger partial charge in [-0.05, 0) is 62.2 Å². The summed E-state index contributed by atoms with van der Waals surface area (Å²) in [4.78, 5) is 1.59. The fraction of sp³-hybridized carbons (Fsp3) is 0.368. The van der Waals surface area contributed by atoms with Crippen LogP contribution in [0.3, 0.4) is 0 Å². The van der Waals surface area contributed by atoms with Crippen molar-refractivity contribution < 1.29 is 17.0 Å². The number of methoxy groups -OCH3 is 1. The number of likely N-dealkylation sites (N-methyl/N-ethyl adjacent to an activating group) is 1. The predicted octanol–water partition coefficient (Wildman–Crippen LogP) is 5.50. The number of aryl methyl sites for hydroxylation is 2. The summed E-state index contributed by atoms with van der Waals surface area (Å²) < 4.78 is 40.7. The lowest BCUT2D eigenvalue weighted by molar-refractivity contribution is 0.205. The van der Waals surface area contributed by atoms with Crippen molar-refractivity contribution in [1.82, 2.24) is 0 Å². The standard InChI is InChI=1S/C19H23ClFN3O3S/c1-5-24(8-9-27-4)18-11-13(2)17(10-14(18)3)23-22-15-6-7-16(20)19(12-15)28(21,25)26/h6-7,10-12H,5,8-9H2,1-4H3. The first-order valence-electron chi connectivity index (χ1n) is 8.68. The number of nitrogens with zero attached hydrogens (tertiary/aromatic N) is 3. The Kier molecular flexibility index (Phi) is 7.51. The van der Waals surface area contributed by atoms with E-state index in [1.54, 1.807) is 7.11 Å². The highest BCUT2D eigenvalue weighted by atomic mass is 35.5. The molecule has 0 bridgehead atoms. The normalized spacial score (nSPS) is 11.9. The number of rotatable bonds is 8. The Hall–Kier alpha value is -2.03. The van der Waals surface area contributed by atoms with Crippen molar-refractivity contribution in [3.05, 3.63) is 46.5 Å². The second-order valence-corrected chi connectivity index (χ2v) is 7.97. The number of benzene rings is 2. The molecule has 0 unspecified atom stereocenters. The maximum atomic E-state index is 13.3. The van der Waals surface area contributed by atoms with Gasteiger partial charge in [-0.2, -0.15) is 18.6 Å². The Balaban J connectivity index is 2.34. The minimum atomic E-state index is -4.93. The molecule has 0 spiro atoms. The van der Waals surface area contributed by atoms with E-state index >= 15 is 0 Å². The molecule has 0 aliphatic heterocycles. The van der Waals surface area contributed by atoms with Crippen LogP contribution in [-0.2, 0) is 15.0 Å². The molecule has 0 fully saturated rings. The molecule has 2 rings (SSSR count). The smallest absolute Gasteiger partial charge is 0.333 e. The van der Waals surface area contributed by atoms with Crippen LogP contribution in [0.25, 0.3) is 0 Å². The van der Waals surface area contributed by atoms with Gasteiger partial charge < -0.3 is 9.64 Å². The van der Waals surface area contributed by atoms with Crippen LogP contribution >= 0.6 is 11.6 Å². The largest absolute Gasteiger partial charge is 0.383 e. The maximum absolute atomic E-state index is 13.3. The van der Waals surface area contributed by atoms with Crippen LogP contribution in [0.4, 0.5) is 20.9 Å². The molecular weight excluding hydrogens is 405 g/mol. The maximum Gasteiger partial charge on any atom is 0.333 e. The van der Waals surface area contributed by atoms with Crippen LogP contribution < -0.4 is 4.90 Å². The van der Waals surface area contributed by atoms with Gasteiger partial charge in [0.15, 0.2) is 0 Å². The highest BCUT2D eigenvalue weighted by Crippen LogP contribution is 2.32. The number of azo groups is 1. The Morgan fingerprint density at radius 2 is 1.86 bits per heavy atom. The fourth-order valence-electron chi connectivity index (χ4n) is 2.74. The number of anilines is 1. The predicted molar refractivity (Wildman–Crippen MR) is 110 cm³/mol. The molecule has 0 saturated heterocycles. The van der Waals surface area contributed by atoms with Crippen molar-refractivity contribution in [1.29, 1.82) is 0 Å². The van der Waals surface area contributed by atoms with Gasteiger partial charge >= 0.3 is 10.2 Å². The van der Waals surface area contributed by atoms with Crippen molar-refractivity contribution in [3.8, 4) is 0 Å². The monoisotopic (exact) mass is 427 g/mol. The van der Waals surface area contributed by atoms with Crippen molar-refractivity contribution in [3.63, 3.8) is 0 Å². The first-order valence-corrected chi connectivity index (χ1v) is 10.4. The average Bonchev–Trinajstić information content (AvgIpc) is 2.63. The summed E-state index contributed by atoms with van der Waals surface area (Å²) in [6.45, 7) is 8.23. The summed E-state index contributed by atoms with van der Waals surface area (Å²) in [5.74, 6) is 0. The fourth-order valence-corrected chi connectivity index (χ4v) is 3.69. The molecule has 152 valence electrons. The van der Waals surface area contributed by atoms with Crippen LogP contribution in [0.2, 0.25) is 5.02 Å². The molecule has 0 aliphatic carbocycles. The lowest BCUT2D eigenvalue weighted by Gasteiger charge is -2.25. The molecule has 0 atom stereocenters. The van der Waals surface area contributed by atoms with Gasteiger partial charge in [0.25, 0.3) is 0 Å². The third-order valence-electron chi connectivity index (χ3n) is 4.25. The number of ether oxygens (including phenoxy) is 1. The summed E-state index contributed by atoms with van der Waals surface area (Å²) >= 11 is 5.74. The van der Waals surface area contributed by atoms with Gasteiger partial charge in [-0.3, -0.25) is 0 Å². The zero-order valence-corrected chi connectivity index (χ0v) is 17.8. The quantitative estimate of drug-likeness (QED) is 0.411. The Bertz CT molecular complexity index is 981. The zero-order valence-electron chi connectivity index (χ0n) is 16.2. The van der Waals surface area contributed by atoms with Gasteiger partial charge in [0.1, 0.15) is 4.90 Å². The van der Waals surface area contributed by atoms with E-state index in [0.29, 0.717) is 12.3 Å². The summed E-state index contributed by atoms with van der Waals surface area (Å²) in [6, 6.07) is 7.74. The molecule has 0 aromatic heterocycles. The van der Waals surface area contributed by atoms with E-state index in [1.807, 2.05) is 26.0 Å². The molecular formula is C19H23ClFN3O3S. The first-order chi connectivity index (χ1) is 13.2. The third-order valence-corrected chi connectivity index (χ3v) is 5.56. The summed E-state index contributed by atoms with van der Waals surface area (Å²) in [6.07, 6.45) is 0. The third kappa shape index (κ3) is 5.50. The molecule has 0 N–H and O–H groups in total. The Labute approximate surface area is 170 Å². The van der Waals surface area contributed by atoms with E-state index in [-0.39, 0.29) is 10.7 Å². The molecule has 0 heterocycles. The SMILES string of the molecule is CCN(CCOC)c1cc(C)c(N=Nc2ccc(Cl)c(S(=O)(=O)F)c2)cc1C. The summed E-state index contributed by atoms with van der Waals surface area (Å²) in [5.41, 5.74) is 3.86. The van der Waals surface area contributed by atoms with E-state index < -0.39 is 15.1 Å². The van der Waals surface area contributed by atoms with Gasteiger partial charge in [-0.25, -0.2) is 0 Å². The van der Waals surface area contributed by atoms with Gasteiger partial charge in [0, 0.05) is 25.9 Å². The molecule has 0 amide bonds. The second-order valence-electron chi connectivity index (χ2n) is 6.25. The van der Waals surface area contributed by atoms with E-state index in [0.717, 1.165) is 36.0 Å². The van der Waals surface area contributed by atoms with Crippen molar-refractivity contribution in [2.75, 3.05) is 31.7 Å². The van der Waals surface area contributed by atoms with Crippen molar-refractivity contribution >= 4 is 38.9 Å². The zero-order chi connectivity index (χ0) is 20.9. The van der Waals surface area contributed by atoms with E-state index in [1.165, 1.54) is 12.1 Å². The van der Waals surface area contributed by atoms with Crippen LogP contribution in [0, 0.1) is 13.8 Å². The number of hydrogen-bond donors (Lipinski definition) is 0. The molecule has 0 radical (unpaired) electrons. The molecule has 28 heavy (non-hydrogen) atoms. The minimum Gasteiger partial charge on any atom is -0.383 e. The number of hydrogen-bond acceptors (Lipinski definition) is 6. The second kappa shape index (κ2) is 9.45. The minimum absolute atomic E-state index is 0.192. The molecule has 6 nitrogen and oxygen atoms in total. The van der Waals surface area contributed by atoms with Crippen molar-refractivity contribution in [2.45, 2.75) is 25.7 Å². The highest BCUT2D eigenvalue weighted by molar-refractivity contribution is 7.86. The van der Waals surface area contributed by atoms with Gasteiger partial charge in [-0.1, -0.05) is 11.6 Å². The number of halogens is 2. The average molecular weight is 428 g/mol. The lowest BCUT2D eigenvalue weighted by atomic mass is 10.1. The van der Waals surface area contributed by atoms with Crippen LogP contribution in [0.5, 0.6) is 0 Å². The first kappa shape index (κ1) is 22.3. The molecule has 2 aromatic carbocycles. The van der Waals surface area contributed by atoms with Crippen LogP contribution in [-0.4, -0.2) is 35.2 Å². The van der Waals surface area contributed by atoms with E-state index in [2.05, 4.69) is 22.1 Å². The summed E-state index contributed by atoms with van der Waals surface area (Å²) in [7, 11) is -3.26. The van der Waals surface area contributed by atoms with Crippen LogP contribution in [0.15, 0.2) is 45.5 Å². The van der Waals surface area contributed by atoms with E-state index in [4.69, 9.17) is 16.3 Å². The molecule has 2 aromatic rings. The van der Waals surface area contributed by atoms with Crippen molar-refractivity contribution in [2.24, 2.45) is 10.2 Å². The van der Waals surface area contributed by atoms with Crippen LogP contribution in [0.1, 0.15) is 18.1 Å². The van der Waals surface area contributed by atoms with E-state index in [9.17, 15) is 12.3 Å². The van der Waals surface area contributed by atoms with Gasteiger partial charge in [-0.15, -0.1) is 3.89 Å². The molecule has 9 heteroatoms. The lowest BCUT2D eigenvalue weighted by Crippen LogP contribution is -2.27. The highest BCUT2D eigenvalue weighted by Gasteiger charge is 2.17. The Morgan fingerprint density at radius 1 is 1.14 bits per heavy atom. The summed E-state index contributed by atoms with van der Waals surface area (Å²) in [5, 5.41) is 8.04. The van der Waals surface area contributed by atoms with Gasteiger partial charge in [0.2, 0.25) is 0 Å².